The minimum atomic E-state index is -0.873. The minimum absolute atomic E-state index is 0.367. The van der Waals surface area contributed by atoms with E-state index in [1.807, 2.05) is 13.0 Å². The number of carboxylic acid groups (broad SMARTS) is 1. The average molecular weight is 262 g/mol. The molecule has 1 aromatic rings. The highest BCUT2D eigenvalue weighted by Gasteiger charge is 2.20. The second-order valence-corrected chi connectivity index (χ2v) is 5.30. The first kappa shape index (κ1) is 13.8. The third-order valence-corrected chi connectivity index (χ3v) is 3.72. The Labute approximate surface area is 114 Å². The van der Waals surface area contributed by atoms with Crippen LogP contribution in [-0.4, -0.2) is 29.1 Å². The predicted molar refractivity (Wildman–Crippen MR) is 76.0 cm³/mol. The van der Waals surface area contributed by atoms with E-state index >= 15 is 0 Å². The topological polar surface area (TPSA) is 53.4 Å². The molecule has 1 N–H and O–H groups in total. The maximum Gasteiger partial charge on any atom is 0.339 e. The van der Waals surface area contributed by atoms with Crippen LogP contribution in [0.1, 0.15) is 53.8 Å². The van der Waals surface area contributed by atoms with Gasteiger partial charge in [-0.25, -0.2) is 4.79 Å². The van der Waals surface area contributed by atoms with Gasteiger partial charge in [0.25, 0.3) is 0 Å². The van der Waals surface area contributed by atoms with Gasteiger partial charge in [-0.05, 0) is 32.8 Å². The van der Waals surface area contributed by atoms with E-state index in [0.717, 1.165) is 37.3 Å². The molecule has 0 amide bonds. The van der Waals surface area contributed by atoms with Gasteiger partial charge in [0.2, 0.25) is 0 Å². The van der Waals surface area contributed by atoms with Crippen LogP contribution in [0.5, 0.6) is 0 Å². The van der Waals surface area contributed by atoms with Crippen molar-refractivity contribution in [2.45, 2.75) is 46.0 Å². The van der Waals surface area contributed by atoms with Gasteiger partial charge in [0.1, 0.15) is 5.56 Å². The van der Waals surface area contributed by atoms with Gasteiger partial charge in [0.15, 0.2) is 0 Å². The smallest absolute Gasteiger partial charge is 0.339 e. The molecule has 4 heteroatoms. The zero-order chi connectivity index (χ0) is 13.8. The Morgan fingerprint density at radius 3 is 2.32 bits per heavy atom. The molecule has 1 aromatic heterocycles. The van der Waals surface area contributed by atoms with Crippen LogP contribution in [0, 0.1) is 13.8 Å². The molecule has 1 aliphatic rings. The van der Waals surface area contributed by atoms with Crippen molar-refractivity contribution in [3.63, 3.8) is 0 Å². The van der Waals surface area contributed by atoms with Crippen LogP contribution in [0.4, 0.5) is 5.69 Å². The molecule has 0 saturated carbocycles. The molecule has 1 fully saturated rings. The number of hydrogen-bond acceptors (Lipinski definition) is 3. The Morgan fingerprint density at radius 2 is 1.74 bits per heavy atom. The van der Waals surface area contributed by atoms with Crippen LogP contribution in [0.3, 0.4) is 0 Å². The summed E-state index contributed by atoms with van der Waals surface area (Å²) in [6, 6.07) is 1.91. The standard InChI is InChI=1S/C15H22N2O2/c1-11-10-13(14(15(18)19)12(2)16-11)17-8-6-4-3-5-7-9-17/h10H,3-9H2,1-2H3,(H,18,19). The van der Waals surface area contributed by atoms with Crippen LogP contribution in [-0.2, 0) is 0 Å². The number of rotatable bonds is 2. The van der Waals surface area contributed by atoms with Gasteiger partial charge in [-0.3, -0.25) is 4.98 Å². The van der Waals surface area contributed by atoms with Crippen molar-refractivity contribution < 1.29 is 9.90 Å². The van der Waals surface area contributed by atoms with E-state index in [9.17, 15) is 9.90 Å². The summed E-state index contributed by atoms with van der Waals surface area (Å²) in [6.45, 7) is 5.60. The first-order valence-corrected chi connectivity index (χ1v) is 7.06. The zero-order valence-electron chi connectivity index (χ0n) is 11.8. The second-order valence-electron chi connectivity index (χ2n) is 5.30. The highest BCUT2D eigenvalue weighted by Crippen LogP contribution is 2.26. The third kappa shape index (κ3) is 3.25. The Balaban J connectivity index is 2.38. The lowest BCUT2D eigenvalue weighted by atomic mass is 10.1. The van der Waals surface area contributed by atoms with Crippen LogP contribution in [0.2, 0.25) is 0 Å². The summed E-state index contributed by atoms with van der Waals surface area (Å²) in [7, 11) is 0. The van der Waals surface area contributed by atoms with Gasteiger partial charge in [-0.1, -0.05) is 19.3 Å². The molecule has 0 spiro atoms. The summed E-state index contributed by atoms with van der Waals surface area (Å²) in [4.78, 5) is 18.0. The summed E-state index contributed by atoms with van der Waals surface area (Å²) < 4.78 is 0. The number of aryl methyl sites for hydroxylation is 2. The fourth-order valence-corrected chi connectivity index (χ4v) is 2.81. The number of carboxylic acids is 1. The highest BCUT2D eigenvalue weighted by atomic mass is 16.4. The highest BCUT2D eigenvalue weighted by molar-refractivity contribution is 5.95. The number of nitrogens with zero attached hydrogens (tertiary/aromatic N) is 2. The van der Waals surface area contributed by atoms with E-state index in [4.69, 9.17) is 0 Å². The fraction of sp³-hybridized carbons (Fsp3) is 0.600. The monoisotopic (exact) mass is 262 g/mol. The van der Waals surface area contributed by atoms with Crippen molar-refractivity contribution in [1.29, 1.82) is 0 Å². The Kier molecular flexibility index (Phi) is 4.40. The van der Waals surface area contributed by atoms with Crippen LogP contribution in [0.15, 0.2) is 6.07 Å². The molecule has 2 heterocycles. The number of aromatic nitrogens is 1. The summed E-state index contributed by atoms with van der Waals surface area (Å²) in [5.41, 5.74) is 2.72. The van der Waals surface area contributed by atoms with Gasteiger partial charge in [-0.15, -0.1) is 0 Å². The first-order valence-electron chi connectivity index (χ1n) is 7.06. The van der Waals surface area contributed by atoms with E-state index in [0.29, 0.717) is 11.3 Å². The van der Waals surface area contributed by atoms with Gasteiger partial charge in [-0.2, -0.15) is 0 Å². The van der Waals surface area contributed by atoms with Crippen molar-refractivity contribution in [3.8, 4) is 0 Å². The average Bonchev–Trinajstić information content (AvgIpc) is 2.26. The number of anilines is 1. The maximum absolute atomic E-state index is 11.5. The summed E-state index contributed by atoms with van der Waals surface area (Å²) in [6.07, 6.45) is 6.05. The molecule has 104 valence electrons. The van der Waals surface area contributed by atoms with E-state index in [1.165, 1.54) is 19.3 Å². The zero-order valence-corrected chi connectivity index (χ0v) is 11.8. The van der Waals surface area contributed by atoms with Crippen molar-refractivity contribution in [2.24, 2.45) is 0 Å². The molecule has 0 radical (unpaired) electrons. The van der Waals surface area contributed by atoms with Crippen molar-refractivity contribution in [1.82, 2.24) is 4.98 Å². The van der Waals surface area contributed by atoms with Gasteiger partial charge in [0.05, 0.1) is 11.4 Å². The van der Waals surface area contributed by atoms with Gasteiger partial charge < -0.3 is 10.0 Å². The van der Waals surface area contributed by atoms with Crippen molar-refractivity contribution in [2.75, 3.05) is 18.0 Å². The Bertz CT molecular complexity index is 463. The SMILES string of the molecule is Cc1cc(N2CCCCCCC2)c(C(=O)O)c(C)n1. The summed E-state index contributed by atoms with van der Waals surface area (Å²) in [5.74, 6) is -0.873. The second kappa shape index (κ2) is 6.04. The van der Waals surface area contributed by atoms with Gasteiger partial charge >= 0.3 is 5.97 Å². The van der Waals surface area contributed by atoms with E-state index in [-0.39, 0.29) is 0 Å². The predicted octanol–water partition coefficient (Wildman–Crippen LogP) is 3.17. The molecule has 0 aliphatic carbocycles. The van der Waals surface area contributed by atoms with E-state index in [2.05, 4.69) is 9.88 Å². The van der Waals surface area contributed by atoms with Gasteiger partial charge in [0, 0.05) is 18.8 Å². The van der Waals surface area contributed by atoms with Crippen LogP contribution in [0.25, 0.3) is 0 Å². The molecule has 0 bridgehead atoms. The number of hydrogen-bond donors (Lipinski definition) is 1. The molecule has 2 rings (SSSR count). The lowest BCUT2D eigenvalue weighted by Gasteiger charge is -2.28. The van der Waals surface area contributed by atoms with Crippen molar-refractivity contribution in [3.05, 3.63) is 23.0 Å². The molecule has 19 heavy (non-hydrogen) atoms. The van der Waals surface area contributed by atoms with Crippen LogP contribution < -0.4 is 4.90 Å². The lowest BCUT2D eigenvalue weighted by Crippen LogP contribution is -2.29. The quantitative estimate of drug-likeness (QED) is 0.889. The summed E-state index contributed by atoms with van der Waals surface area (Å²) in [5, 5.41) is 9.43. The molecular weight excluding hydrogens is 240 g/mol. The normalized spacial score (nSPS) is 16.8. The van der Waals surface area contributed by atoms with Crippen molar-refractivity contribution >= 4 is 11.7 Å². The first-order chi connectivity index (χ1) is 9.09. The van der Waals surface area contributed by atoms with E-state index < -0.39 is 5.97 Å². The molecular formula is C15H22N2O2. The van der Waals surface area contributed by atoms with E-state index in [1.54, 1.807) is 6.92 Å². The minimum Gasteiger partial charge on any atom is -0.478 e. The Hall–Kier alpha value is -1.58. The maximum atomic E-state index is 11.5. The number of carbonyl (C=O) groups is 1. The Morgan fingerprint density at radius 1 is 1.16 bits per heavy atom. The van der Waals surface area contributed by atoms with Crippen LogP contribution >= 0.6 is 0 Å². The largest absolute Gasteiger partial charge is 0.478 e. The molecule has 4 nitrogen and oxygen atoms in total. The molecule has 0 unspecified atom stereocenters. The molecule has 0 atom stereocenters. The third-order valence-electron chi connectivity index (χ3n) is 3.72. The molecule has 1 saturated heterocycles. The molecule has 0 aromatic carbocycles. The number of pyridine rings is 1. The summed E-state index contributed by atoms with van der Waals surface area (Å²) >= 11 is 0. The lowest BCUT2D eigenvalue weighted by molar-refractivity contribution is 0.0696. The number of aromatic carboxylic acids is 1. The fourth-order valence-electron chi connectivity index (χ4n) is 2.81. The molecule has 1 aliphatic heterocycles.